The number of amides is 2. The van der Waals surface area contributed by atoms with E-state index in [0.29, 0.717) is 27.7 Å². The maximum Gasteiger partial charge on any atom is 0.439 e. The number of nitrogens with one attached hydrogen (secondary N) is 3. The molecule has 170 valence electrons. The van der Waals surface area contributed by atoms with Crippen molar-refractivity contribution in [3.8, 4) is 11.4 Å². The number of fused-ring (bicyclic) bond motifs is 1. The Morgan fingerprint density at radius 3 is 2.62 bits per heavy atom. The van der Waals surface area contributed by atoms with Crippen molar-refractivity contribution in [3.05, 3.63) is 81.8 Å². The van der Waals surface area contributed by atoms with E-state index < -0.39 is 17.6 Å². The van der Waals surface area contributed by atoms with Gasteiger partial charge >= 0.3 is 5.76 Å². The van der Waals surface area contributed by atoms with Gasteiger partial charge in [-0.3, -0.25) is 19.1 Å². The fraction of sp³-hybridized carbons (Fsp3) is 0.0455. The summed E-state index contributed by atoms with van der Waals surface area (Å²) in [6, 6.07) is 13.2. The van der Waals surface area contributed by atoms with Gasteiger partial charge in [0.2, 0.25) is 5.76 Å². The molecule has 0 bridgehead atoms. The first-order valence-corrected chi connectivity index (χ1v) is 10.3. The molecule has 0 unspecified atom stereocenters. The summed E-state index contributed by atoms with van der Waals surface area (Å²) < 4.78 is 11.1. The lowest BCUT2D eigenvalue weighted by Gasteiger charge is -2.10. The molecular formula is C22H15ClN6O5. The summed E-state index contributed by atoms with van der Waals surface area (Å²) in [6.07, 6.45) is 1.38. The fourth-order valence-electron chi connectivity index (χ4n) is 3.50. The van der Waals surface area contributed by atoms with Gasteiger partial charge in [-0.2, -0.15) is 0 Å². The van der Waals surface area contributed by atoms with E-state index in [4.69, 9.17) is 16.1 Å². The molecule has 3 heterocycles. The molecule has 0 fully saturated rings. The summed E-state index contributed by atoms with van der Waals surface area (Å²) in [5.41, 5.74) is 2.38. The summed E-state index contributed by atoms with van der Waals surface area (Å²) in [6.45, 7) is 0. The summed E-state index contributed by atoms with van der Waals surface area (Å²) in [5.74, 6) is -1.36. The van der Waals surface area contributed by atoms with Crippen molar-refractivity contribution in [2.45, 2.75) is 0 Å². The van der Waals surface area contributed by atoms with Crippen LogP contribution in [0.2, 0.25) is 5.02 Å². The Morgan fingerprint density at radius 2 is 1.88 bits per heavy atom. The topological polar surface area (TPSA) is 148 Å². The highest BCUT2D eigenvalue weighted by atomic mass is 35.5. The van der Waals surface area contributed by atoms with E-state index in [9.17, 15) is 14.4 Å². The van der Waals surface area contributed by atoms with E-state index in [1.165, 1.54) is 12.3 Å². The molecule has 34 heavy (non-hydrogen) atoms. The summed E-state index contributed by atoms with van der Waals surface area (Å²) in [4.78, 5) is 39.2. The molecule has 0 aliphatic heterocycles. The predicted octanol–water partition coefficient (Wildman–Crippen LogP) is 3.67. The molecule has 2 aromatic carbocycles. The Bertz CT molecular complexity index is 1600. The van der Waals surface area contributed by atoms with Crippen LogP contribution in [0.25, 0.3) is 22.3 Å². The molecule has 0 radical (unpaired) electrons. The number of carbonyl (C=O) groups is 2. The van der Waals surface area contributed by atoms with E-state index in [1.807, 2.05) is 0 Å². The van der Waals surface area contributed by atoms with Gasteiger partial charge in [0.15, 0.2) is 5.82 Å². The normalized spacial score (nSPS) is 11.0. The zero-order chi connectivity index (χ0) is 23.8. The number of nitrogens with zero attached hydrogens (tertiary/aromatic N) is 3. The lowest BCUT2D eigenvalue weighted by Crippen LogP contribution is -2.16. The van der Waals surface area contributed by atoms with E-state index in [0.717, 1.165) is 10.9 Å². The SMILES string of the molecule is Cn1c(C(=O)Nc2ccc(Cl)cc2-c2noc(=O)[nH]2)cc2ccc(NC(=O)c3ccno3)cc21. The number of halogens is 1. The summed E-state index contributed by atoms with van der Waals surface area (Å²) in [5, 5.41) is 13.9. The molecular weight excluding hydrogens is 464 g/mol. The summed E-state index contributed by atoms with van der Waals surface area (Å²) >= 11 is 6.08. The lowest BCUT2D eigenvalue weighted by molar-refractivity contribution is 0.0986. The minimum atomic E-state index is -0.729. The zero-order valence-corrected chi connectivity index (χ0v) is 18.2. The van der Waals surface area contributed by atoms with Crippen LogP contribution in [0.4, 0.5) is 11.4 Å². The molecule has 0 atom stereocenters. The van der Waals surface area contributed by atoms with Crippen LogP contribution in [0.5, 0.6) is 0 Å². The second-order valence-corrected chi connectivity index (χ2v) is 7.72. The molecule has 0 aliphatic rings. The number of carbonyl (C=O) groups excluding carboxylic acids is 2. The Labute approximate surface area is 195 Å². The number of aromatic amines is 1. The lowest BCUT2D eigenvalue weighted by atomic mass is 10.1. The first-order chi connectivity index (χ1) is 16.4. The van der Waals surface area contributed by atoms with E-state index in [2.05, 4.69) is 30.5 Å². The number of benzene rings is 2. The van der Waals surface area contributed by atoms with Crippen LogP contribution in [0.15, 0.2) is 68.6 Å². The van der Waals surface area contributed by atoms with Gasteiger partial charge in [-0.25, -0.2) is 4.79 Å². The number of H-pyrrole nitrogens is 1. The minimum absolute atomic E-state index is 0.0827. The number of aromatic nitrogens is 4. The molecule has 2 amide bonds. The first kappa shape index (κ1) is 21.2. The Hall–Kier alpha value is -4.64. The third-order valence-electron chi connectivity index (χ3n) is 5.12. The average Bonchev–Trinajstić information content (AvgIpc) is 3.56. The fourth-order valence-corrected chi connectivity index (χ4v) is 3.68. The Kier molecular flexibility index (Phi) is 5.22. The van der Waals surface area contributed by atoms with Crippen LogP contribution >= 0.6 is 11.6 Å². The highest BCUT2D eigenvalue weighted by Gasteiger charge is 2.18. The van der Waals surface area contributed by atoms with Crippen molar-refractivity contribution in [3.63, 3.8) is 0 Å². The standard InChI is InChI=1S/C22H15ClN6O5/c1-29-16-10-13(25-21(31)18-6-7-24-33-18)4-2-11(16)8-17(29)20(30)26-15-5-3-12(23)9-14(15)19-27-22(32)34-28-19/h2-10H,1H3,(H,25,31)(H,26,30)(H,27,28,32). The number of aryl methyl sites for hydroxylation is 1. The van der Waals surface area contributed by atoms with Crippen LogP contribution in [0.3, 0.4) is 0 Å². The van der Waals surface area contributed by atoms with Crippen LogP contribution in [0, 0.1) is 0 Å². The number of rotatable bonds is 5. The molecule has 0 saturated carbocycles. The monoisotopic (exact) mass is 478 g/mol. The van der Waals surface area contributed by atoms with Crippen molar-refractivity contribution in [1.82, 2.24) is 19.9 Å². The molecule has 12 heteroatoms. The molecule has 5 aromatic rings. The van der Waals surface area contributed by atoms with E-state index in [-0.39, 0.29) is 11.6 Å². The zero-order valence-electron chi connectivity index (χ0n) is 17.5. The van der Waals surface area contributed by atoms with Crippen molar-refractivity contribution in [2.24, 2.45) is 7.05 Å². The van der Waals surface area contributed by atoms with Gasteiger partial charge in [0.1, 0.15) is 5.69 Å². The number of hydrogen-bond donors (Lipinski definition) is 3. The quantitative estimate of drug-likeness (QED) is 0.349. The van der Waals surface area contributed by atoms with Gasteiger partial charge in [0.25, 0.3) is 11.8 Å². The maximum absolute atomic E-state index is 13.1. The summed E-state index contributed by atoms with van der Waals surface area (Å²) in [7, 11) is 1.73. The van der Waals surface area contributed by atoms with Crippen molar-refractivity contribution < 1.29 is 18.6 Å². The third kappa shape index (κ3) is 3.95. The van der Waals surface area contributed by atoms with Crippen LogP contribution in [-0.2, 0) is 7.05 Å². The molecule has 0 saturated heterocycles. The van der Waals surface area contributed by atoms with E-state index in [1.54, 1.807) is 54.1 Å². The van der Waals surface area contributed by atoms with Gasteiger partial charge in [-0.1, -0.05) is 28.0 Å². The largest absolute Gasteiger partial charge is 0.439 e. The van der Waals surface area contributed by atoms with Crippen molar-refractivity contribution in [2.75, 3.05) is 10.6 Å². The van der Waals surface area contributed by atoms with Crippen LogP contribution in [0.1, 0.15) is 21.0 Å². The molecule has 3 aromatic heterocycles. The predicted molar refractivity (Wildman–Crippen MR) is 123 cm³/mol. The minimum Gasteiger partial charge on any atom is -0.351 e. The van der Waals surface area contributed by atoms with Gasteiger partial charge in [0, 0.05) is 34.8 Å². The molecule has 3 N–H and O–H groups in total. The maximum atomic E-state index is 13.1. The Morgan fingerprint density at radius 1 is 1.03 bits per heavy atom. The smallest absolute Gasteiger partial charge is 0.351 e. The van der Waals surface area contributed by atoms with Gasteiger partial charge < -0.3 is 19.7 Å². The molecule has 11 nitrogen and oxygen atoms in total. The molecule has 0 aliphatic carbocycles. The second-order valence-electron chi connectivity index (χ2n) is 7.28. The Balaban J connectivity index is 1.44. The number of hydrogen-bond acceptors (Lipinski definition) is 7. The van der Waals surface area contributed by atoms with E-state index >= 15 is 0 Å². The average molecular weight is 479 g/mol. The van der Waals surface area contributed by atoms with Gasteiger partial charge in [-0.05, 0) is 36.4 Å². The highest BCUT2D eigenvalue weighted by Crippen LogP contribution is 2.29. The van der Waals surface area contributed by atoms with Crippen molar-refractivity contribution >= 4 is 45.7 Å². The van der Waals surface area contributed by atoms with Gasteiger partial charge in [-0.15, -0.1) is 0 Å². The second kappa shape index (κ2) is 8.37. The van der Waals surface area contributed by atoms with Crippen LogP contribution in [-0.4, -0.2) is 31.7 Å². The number of anilines is 2. The van der Waals surface area contributed by atoms with Crippen LogP contribution < -0.4 is 16.4 Å². The first-order valence-electron chi connectivity index (χ1n) is 9.88. The van der Waals surface area contributed by atoms with Gasteiger partial charge in [0.05, 0.1) is 17.4 Å². The highest BCUT2D eigenvalue weighted by molar-refractivity contribution is 6.31. The van der Waals surface area contributed by atoms with Crippen molar-refractivity contribution in [1.29, 1.82) is 0 Å². The third-order valence-corrected chi connectivity index (χ3v) is 5.36. The molecule has 0 spiro atoms. The molecule has 5 rings (SSSR count).